The molecule has 1 saturated heterocycles. The van der Waals surface area contributed by atoms with Crippen LogP contribution in [0.4, 0.5) is 5.82 Å². The summed E-state index contributed by atoms with van der Waals surface area (Å²) in [5, 5.41) is 3.21. The highest BCUT2D eigenvalue weighted by Gasteiger charge is 2.19. The second-order valence-corrected chi connectivity index (χ2v) is 5.73. The molecule has 1 aromatic heterocycles. The maximum absolute atomic E-state index is 12.2. The molecule has 1 aromatic rings. The number of nitrogens with one attached hydrogen (secondary N) is 2. The lowest BCUT2D eigenvalue weighted by Crippen LogP contribution is -2.44. The van der Waals surface area contributed by atoms with E-state index in [1.165, 1.54) is 19.3 Å². The highest BCUT2D eigenvalue weighted by atomic mass is 35.5. The Bertz CT molecular complexity index is 490. The highest BCUT2D eigenvalue weighted by Crippen LogP contribution is 2.16. The van der Waals surface area contributed by atoms with E-state index in [0.29, 0.717) is 23.4 Å². The Balaban J connectivity index is 1.92. The predicted octanol–water partition coefficient (Wildman–Crippen LogP) is 1.62. The Kier molecular flexibility index (Phi) is 5.78. The SMILES string of the molecule is CC(CNC(=O)c1nc(NN)ccc1Cl)N1CCCCC1. The van der Waals surface area contributed by atoms with Crippen molar-refractivity contribution in [2.45, 2.75) is 32.2 Å². The third-order valence-corrected chi connectivity index (χ3v) is 4.09. The Labute approximate surface area is 130 Å². The van der Waals surface area contributed by atoms with E-state index in [1.807, 2.05) is 0 Å². The zero-order chi connectivity index (χ0) is 15.2. The number of hydrogen-bond acceptors (Lipinski definition) is 5. The fraction of sp³-hybridized carbons (Fsp3) is 0.571. The number of halogens is 1. The van der Waals surface area contributed by atoms with Crippen molar-refractivity contribution in [2.75, 3.05) is 25.1 Å². The number of carbonyl (C=O) groups is 1. The van der Waals surface area contributed by atoms with Crippen LogP contribution in [-0.4, -0.2) is 41.5 Å². The van der Waals surface area contributed by atoms with Crippen LogP contribution >= 0.6 is 11.6 Å². The summed E-state index contributed by atoms with van der Waals surface area (Å²) >= 11 is 6.01. The topological polar surface area (TPSA) is 83.3 Å². The van der Waals surface area contributed by atoms with Gasteiger partial charge in [0.2, 0.25) is 0 Å². The van der Waals surface area contributed by atoms with Gasteiger partial charge in [0.25, 0.3) is 5.91 Å². The van der Waals surface area contributed by atoms with Crippen molar-refractivity contribution >= 4 is 23.3 Å². The van der Waals surface area contributed by atoms with Crippen LogP contribution in [-0.2, 0) is 0 Å². The summed E-state index contributed by atoms with van der Waals surface area (Å²) < 4.78 is 0. The van der Waals surface area contributed by atoms with Gasteiger partial charge in [-0.15, -0.1) is 0 Å². The average Bonchev–Trinajstić information content (AvgIpc) is 2.53. The number of nitrogen functional groups attached to an aromatic ring is 1. The van der Waals surface area contributed by atoms with Gasteiger partial charge in [-0.2, -0.15) is 0 Å². The summed E-state index contributed by atoms with van der Waals surface area (Å²) in [7, 11) is 0. The van der Waals surface area contributed by atoms with Crippen LogP contribution in [0.25, 0.3) is 0 Å². The van der Waals surface area contributed by atoms with Crippen molar-refractivity contribution in [3.8, 4) is 0 Å². The maximum atomic E-state index is 12.2. The Morgan fingerprint density at radius 2 is 2.14 bits per heavy atom. The summed E-state index contributed by atoms with van der Waals surface area (Å²) in [6.45, 7) is 4.90. The van der Waals surface area contributed by atoms with Crippen LogP contribution in [0.3, 0.4) is 0 Å². The number of pyridine rings is 1. The maximum Gasteiger partial charge on any atom is 0.271 e. The molecule has 6 nitrogen and oxygen atoms in total. The predicted molar refractivity (Wildman–Crippen MR) is 84.3 cm³/mol. The van der Waals surface area contributed by atoms with E-state index in [2.05, 4.69) is 27.6 Å². The molecule has 4 N–H and O–H groups in total. The number of amides is 1. The molecule has 0 aliphatic carbocycles. The van der Waals surface area contributed by atoms with E-state index in [0.717, 1.165) is 13.1 Å². The van der Waals surface area contributed by atoms with Gasteiger partial charge in [0, 0.05) is 12.6 Å². The number of aromatic nitrogens is 1. The largest absolute Gasteiger partial charge is 0.349 e. The summed E-state index contributed by atoms with van der Waals surface area (Å²) in [6.07, 6.45) is 3.76. The van der Waals surface area contributed by atoms with Gasteiger partial charge in [0.15, 0.2) is 0 Å². The van der Waals surface area contributed by atoms with Crippen molar-refractivity contribution in [1.82, 2.24) is 15.2 Å². The zero-order valence-electron chi connectivity index (χ0n) is 12.2. The highest BCUT2D eigenvalue weighted by molar-refractivity contribution is 6.33. The Morgan fingerprint density at radius 3 is 2.81 bits per heavy atom. The molecule has 1 aliphatic heterocycles. The summed E-state index contributed by atoms with van der Waals surface area (Å²) in [6, 6.07) is 3.53. The lowest BCUT2D eigenvalue weighted by molar-refractivity contribution is 0.0925. The van der Waals surface area contributed by atoms with Crippen LogP contribution in [0.5, 0.6) is 0 Å². The van der Waals surface area contributed by atoms with E-state index >= 15 is 0 Å². The third kappa shape index (κ3) is 4.30. The number of piperidine rings is 1. The van der Waals surface area contributed by atoms with Crippen LogP contribution in [0, 0.1) is 0 Å². The number of rotatable bonds is 5. The van der Waals surface area contributed by atoms with E-state index in [9.17, 15) is 4.79 Å². The number of nitrogens with two attached hydrogens (primary N) is 1. The molecule has 21 heavy (non-hydrogen) atoms. The molecule has 116 valence electrons. The van der Waals surface area contributed by atoms with E-state index in [4.69, 9.17) is 17.4 Å². The standard InChI is InChI=1S/C14H22ClN5O/c1-10(20-7-3-2-4-8-20)9-17-14(21)13-11(15)5-6-12(18-13)19-16/h5-6,10H,2-4,7-9,16H2,1H3,(H,17,21)(H,18,19). The van der Waals surface area contributed by atoms with Crippen LogP contribution < -0.4 is 16.6 Å². The van der Waals surface area contributed by atoms with Gasteiger partial charge in [-0.3, -0.25) is 9.69 Å². The minimum absolute atomic E-state index is 0.193. The zero-order valence-corrected chi connectivity index (χ0v) is 13.0. The van der Waals surface area contributed by atoms with Crippen LogP contribution in [0.1, 0.15) is 36.7 Å². The Morgan fingerprint density at radius 1 is 1.43 bits per heavy atom. The lowest BCUT2D eigenvalue weighted by Gasteiger charge is -2.32. The fourth-order valence-corrected chi connectivity index (χ4v) is 2.69. The molecule has 1 aliphatic rings. The first-order chi connectivity index (χ1) is 10.1. The molecular weight excluding hydrogens is 290 g/mol. The quantitative estimate of drug-likeness (QED) is 0.568. The second-order valence-electron chi connectivity index (χ2n) is 5.33. The molecule has 0 spiro atoms. The van der Waals surface area contributed by atoms with Gasteiger partial charge in [0.05, 0.1) is 5.02 Å². The van der Waals surface area contributed by atoms with Gasteiger partial charge in [0.1, 0.15) is 11.5 Å². The second kappa shape index (κ2) is 7.59. The van der Waals surface area contributed by atoms with Crippen molar-refractivity contribution in [3.05, 3.63) is 22.8 Å². The molecule has 7 heteroatoms. The first kappa shape index (κ1) is 16.0. The molecule has 2 rings (SSSR count). The fourth-order valence-electron chi connectivity index (χ4n) is 2.49. The van der Waals surface area contributed by atoms with E-state index in [-0.39, 0.29) is 11.6 Å². The minimum atomic E-state index is -0.277. The first-order valence-corrected chi connectivity index (χ1v) is 7.65. The van der Waals surface area contributed by atoms with Crippen molar-refractivity contribution < 1.29 is 4.79 Å². The summed E-state index contributed by atoms with van der Waals surface area (Å²) in [4.78, 5) is 18.7. The smallest absolute Gasteiger partial charge is 0.271 e. The molecule has 0 saturated carbocycles. The number of carbonyl (C=O) groups excluding carboxylic acids is 1. The molecule has 1 unspecified atom stereocenters. The van der Waals surface area contributed by atoms with Crippen molar-refractivity contribution in [1.29, 1.82) is 0 Å². The first-order valence-electron chi connectivity index (χ1n) is 7.27. The van der Waals surface area contributed by atoms with Crippen molar-refractivity contribution in [2.24, 2.45) is 5.84 Å². The van der Waals surface area contributed by atoms with Gasteiger partial charge >= 0.3 is 0 Å². The minimum Gasteiger partial charge on any atom is -0.349 e. The van der Waals surface area contributed by atoms with Gasteiger partial charge in [-0.25, -0.2) is 10.8 Å². The Hall–Kier alpha value is -1.37. The van der Waals surface area contributed by atoms with E-state index in [1.54, 1.807) is 12.1 Å². The van der Waals surface area contributed by atoms with Gasteiger partial charge in [-0.1, -0.05) is 18.0 Å². The summed E-state index contributed by atoms with van der Waals surface area (Å²) in [5.74, 6) is 5.43. The molecular formula is C14H22ClN5O. The monoisotopic (exact) mass is 311 g/mol. The van der Waals surface area contributed by atoms with Gasteiger partial charge in [-0.05, 0) is 45.0 Å². The molecule has 1 atom stereocenters. The van der Waals surface area contributed by atoms with E-state index < -0.39 is 0 Å². The molecule has 2 heterocycles. The van der Waals surface area contributed by atoms with Crippen LogP contribution in [0.15, 0.2) is 12.1 Å². The molecule has 0 radical (unpaired) electrons. The number of hydrazine groups is 1. The lowest BCUT2D eigenvalue weighted by atomic mass is 10.1. The molecule has 0 aromatic carbocycles. The molecule has 1 fully saturated rings. The number of hydrogen-bond donors (Lipinski definition) is 3. The summed E-state index contributed by atoms with van der Waals surface area (Å²) in [5.41, 5.74) is 2.60. The van der Waals surface area contributed by atoms with Gasteiger partial charge < -0.3 is 10.7 Å². The normalized spacial score (nSPS) is 17.3. The number of nitrogens with zero attached hydrogens (tertiary/aromatic N) is 2. The van der Waals surface area contributed by atoms with Crippen LogP contribution in [0.2, 0.25) is 5.02 Å². The van der Waals surface area contributed by atoms with Crippen molar-refractivity contribution in [3.63, 3.8) is 0 Å². The molecule has 0 bridgehead atoms. The number of anilines is 1. The average molecular weight is 312 g/mol. The third-order valence-electron chi connectivity index (χ3n) is 3.78. The molecule has 1 amide bonds. The number of likely N-dealkylation sites (tertiary alicyclic amines) is 1.